The van der Waals surface area contributed by atoms with E-state index in [1.165, 1.54) is 44.9 Å². The van der Waals surface area contributed by atoms with Crippen LogP contribution in [0.5, 0.6) is 0 Å². The molecule has 0 radical (unpaired) electrons. The fourth-order valence-electron chi connectivity index (χ4n) is 3.22. The molecule has 1 aliphatic rings. The molecule has 2 unspecified atom stereocenters. The molecule has 0 heterocycles. The van der Waals surface area contributed by atoms with Gasteiger partial charge < -0.3 is 0 Å². The molecule has 1 heteroatoms. The zero-order valence-corrected chi connectivity index (χ0v) is 11.6. The first-order valence-electron chi connectivity index (χ1n) is 6.82. The monoisotopic (exact) mass is 223 g/mol. The molecule has 1 nitrogen and oxygen atoms in total. The summed E-state index contributed by atoms with van der Waals surface area (Å²) in [6, 6.07) is 0. The second kappa shape index (κ2) is 7.71. The SMILES string of the molecule is C#N.CCCCCC1CCC(C)CC1(C)C. The predicted octanol–water partition coefficient (Wildman–Crippen LogP) is 5.17. The molecule has 0 N–H and O–H groups in total. The molecule has 1 saturated carbocycles. The highest BCUT2D eigenvalue weighted by Gasteiger charge is 2.34. The summed E-state index contributed by atoms with van der Waals surface area (Å²) in [6.07, 6.45) is 10.1. The molecule has 1 aliphatic carbocycles. The Balaban J connectivity index is 0.00000106. The lowest BCUT2D eigenvalue weighted by Crippen LogP contribution is -2.31. The summed E-state index contributed by atoms with van der Waals surface area (Å²) < 4.78 is 0. The molecule has 16 heavy (non-hydrogen) atoms. The van der Waals surface area contributed by atoms with Crippen LogP contribution in [0, 0.1) is 29.1 Å². The van der Waals surface area contributed by atoms with Gasteiger partial charge in [-0.1, -0.05) is 53.4 Å². The largest absolute Gasteiger partial charge is 0.202 e. The van der Waals surface area contributed by atoms with Crippen molar-refractivity contribution in [3.8, 4) is 6.57 Å². The van der Waals surface area contributed by atoms with Gasteiger partial charge in [0.05, 0.1) is 0 Å². The van der Waals surface area contributed by atoms with Crippen LogP contribution in [0.25, 0.3) is 0 Å². The third-order valence-corrected chi connectivity index (χ3v) is 4.14. The maximum atomic E-state index is 6.50. The number of nitrogens with zero attached hydrogens (tertiary/aromatic N) is 1. The first-order chi connectivity index (χ1) is 7.56. The number of hydrogen-bond acceptors (Lipinski definition) is 1. The second-order valence-corrected chi connectivity index (χ2v) is 6.07. The lowest BCUT2D eigenvalue weighted by atomic mass is 9.64. The predicted molar refractivity (Wildman–Crippen MR) is 71.1 cm³/mol. The molecule has 0 spiro atoms. The molecule has 0 amide bonds. The standard InChI is InChI=1S/C14H28.CHN/c1-5-6-7-8-13-10-9-12(2)11-14(13,3)4;1-2/h12-13H,5-11H2,1-4H3;1H. The topological polar surface area (TPSA) is 23.8 Å². The van der Waals surface area contributed by atoms with Gasteiger partial charge in [-0.05, 0) is 36.5 Å². The van der Waals surface area contributed by atoms with E-state index < -0.39 is 0 Å². The highest BCUT2D eigenvalue weighted by atomic mass is 14.4. The average Bonchev–Trinajstić information content (AvgIpc) is 2.23. The van der Waals surface area contributed by atoms with Crippen molar-refractivity contribution < 1.29 is 0 Å². The number of hydrogen-bond donors (Lipinski definition) is 0. The molecule has 0 aliphatic heterocycles. The van der Waals surface area contributed by atoms with Crippen molar-refractivity contribution in [2.75, 3.05) is 0 Å². The van der Waals surface area contributed by atoms with Crippen molar-refractivity contribution in [2.45, 2.75) is 72.6 Å². The van der Waals surface area contributed by atoms with E-state index >= 15 is 0 Å². The third-order valence-electron chi connectivity index (χ3n) is 4.14. The van der Waals surface area contributed by atoms with E-state index in [1.54, 1.807) is 0 Å². The maximum Gasteiger partial charge on any atom is 0.0462 e. The molecule has 94 valence electrons. The van der Waals surface area contributed by atoms with Gasteiger partial charge in [-0.25, -0.2) is 5.26 Å². The number of nitriles is 1. The lowest BCUT2D eigenvalue weighted by molar-refractivity contribution is 0.0924. The summed E-state index contributed by atoms with van der Waals surface area (Å²) >= 11 is 0. The van der Waals surface area contributed by atoms with Gasteiger partial charge >= 0.3 is 0 Å². The van der Waals surface area contributed by atoms with Crippen molar-refractivity contribution >= 4 is 0 Å². The van der Waals surface area contributed by atoms with Crippen LogP contribution >= 0.6 is 0 Å². The maximum absolute atomic E-state index is 6.50. The summed E-state index contributed by atoms with van der Waals surface area (Å²) in [5.74, 6) is 1.97. The van der Waals surface area contributed by atoms with Crippen molar-refractivity contribution in [2.24, 2.45) is 17.3 Å². The van der Waals surface area contributed by atoms with Crippen LogP contribution in [0.1, 0.15) is 72.6 Å². The van der Waals surface area contributed by atoms with Crippen LogP contribution < -0.4 is 0 Å². The van der Waals surface area contributed by atoms with E-state index in [4.69, 9.17) is 5.26 Å². The Kier molecular flexibility index (Phi) is 7.47. The van der Waals surface area contributed by atoms with Crippen LogP contribution in [0.4, 0.5) is 0 Å². The molecule has 1 rings (SSSR count). The number of rotatable bonds is 4. The van der Waals surface area contributed by atoms with E-state index in [0.717, 1.165) is 11.8 Å². The van der Waals surface area contributed by atoms with Crippen LogP contribution in [0.2, 0.25) is 0 Å². The van der Waals surface area contributed by atoms with E-state index in [2.05, 4.69) is 34.3 Å². The van der Waals surface area contributed by atoms with Gasteiger partial charge in [0, 0.05) is 6.57 Å². The molecule has 0 saturated heterocycles. The molecule has 0 bridgehead atoms. The fourth-order valence-corrected chi connectivity index (χ4v) is 3.22. The Morgan fingerprint density at radius 3 is 2.31 bits per heavy atom. The van der Waals surface area contributed by atoms with E-state index in [-0.39, 0.29) is 0 Å². The number of unbranched alkanes of at least 4 members (excludes halogenated alkanes) is 2. The van der Waals surface area contributed by atoms with Crippen LogP contribution in [0.3, 0.4) is 0 Å². The van der Waals surface area contributed by atoms with Gasteiger partial charge in [-0.2, -0.15) is 0 Å². The summed E-state index contributed by atoms with van der Waals surface area (Å²) in [7, 11) is 0. The molecule has 1 fully saturated rings. The van der Waals surface area contributed by atoms with Crippen LogP contribution in [-0.4, -0.2) is 0 Å². The van der Waals surface area contributed by atoms with Crippen LogP contribution in [-0.2, 0) is 0 Å². The second-order valence-electron chi connectivity index (χ2n) is 6.07. The van der Waals surface area contributed by atoms with E-state index in [9.17, 15) is 0 Å². The third kappa shape index (κ3) is 5.01. The Morgan fingerprint density at radius 1 is 1.19 bits per heavy atom. The minimum absolute atomic E-state index is 0.616. The van der Waals surface area contributed by atoms with Gasteiger partial charge in [0.1, 0.15) is 0 Å². The zero-order valence-electron chi connectivity index (χ0n) is 11.6. The van der Waals surface area contributed by atoms with Gasteiger partial charge in [0.15, 0.2) is 0 Å². The summed E-state index contributed by atoms with van der Waals surface area (Å²) in [5.41, 5.74) is 0.616. The van der Waals surface area contributed by atoms with Gasteiger partial charge in [-0.3, -0.25) is 0 Å². The lowest BCUT2D eigenvalue weighted by Gasteiger charge is -2.41. The Hall–Kier alpha value is -0.510. The van der Waals surface area contributed by atoms with Crippen molar-refractivity contribution in [1.82, 2.24) is 0 Å². The Labute approximate surface area is 102 Å². The van der Waals surface area contributed by atoms with Crippen molar-refractivity contribution in [3.05, 3.63) is 0 Å². The first-order valence-corrected chi connectivity index (χ1v) is 6.82. The molecular formula is C15H29N. The van der Waals surface area contributed by atoms with Gasteiger partial charge in [0.2, 0.25) is 0 Å². The summed E-state index contributed by atoms with van der Waals surface area (Å²) in [5, 5.41) is 6.50. The van der Waals surface area contributed by atoms with Crippen molar-refractivity contribution in [3.63, 3.8) is 0 Å². The quantitative estimate of drug-likeness (QED) is 0.603. The van der Waals surface area contributed by atoms with Crippen molar-refractivity contribution in [1.29, 1.82) is 5.26 Å². The Morgan fingerprint density at radius 2 is 1.81 bits per heavy atom. The van der Waals surface area contributed by atoms with E-state index in [0.29, 0.717) is 5.41 Å². The van der Waals surface area contributed by atoms with Gasteiger partial charge in [0.25, 0.3) is 0 Å². The molecule has 0 aromatic carbocycles. The highest BCUT2D eigenvalue weighted by molar-refractivity contribution is 4.85. The van der Waals surface area contributed by atoms with E-state index in [1.807, 2.05) is 0 Å². The summed E-state index contributed by atoms with van der Waals surface area (Å²) in [4.78, 5) is 0. The average molecular weight is 223 g/mol. The normalized spacial score (nSPS) is 27.9. The minimum atomic E-state index is 0.616. The fraction of sp³-hybridized carbons (Fsp3) is 0.933. The molecule has 2 atom stereocenters. The highest BCUT2D eigenvalue weighted by Crippen LogP contribution is 2.45. The summed E-state index contributed by atoms with van der Waals surface area (Å²) in [6.45, 7) is 13.2. The smallest absolute Gasteiger partial charge is 0.0462 e. The van der Waals surface area contributed by atoms with Gasteiger partial charge in [-0.15, -0.1) is 0 Å². The Bertz CT molecular complexity index is 193. The van der Waals surface area contributed by atoms with Crippen LogP contribution in [0.15, 0.2) is 0 Å². The minimum Gasteiger partial charge on any atom is -0.202 e. The molecule has 0 aromatic rings. The first kappa shape index (κ1) is 15.5. The molecule has 0 aromatic heterocycles. The molecular weight excluding hydrogens is 194 g/mol. The zero-order chi connectivity index (χ0) is 12.6.